The molecule has 2 aromatic heterocycles. The van der Waals surface area contributed by atoms with Crippen LogP contribution in [0.15, 0.2) is 71.0 Å². The van der Waals surface area contributed by atoms with Gasteiger partial charge in [0.25, 0.3) is 0 Å². The molecule has 2 aromatic carbocycles. The minimum atomic E-state index is 0.703. The molecule has 0 fully saturated rings. The fraction of sp³-hybridized carbons (Fsp3) is 0.0526. The summed E-state index contributed by atoms with van der Waals surface area (Å²) in [4.78, 5) is 10.4. The Morgan fingerprint density at radius 1 is 1.04 bits per heavy atom. The Morgan fingerprint density at radius 2 is 1.88 bits per heavy atom. The minimum absolute atomic E-state index is 0.703. The average Bonchev–Trinajstić information content (AvgIpc) is 3.23. The average molecular weight is 352 g/mol. The standard InChI is InChI=1S/C19H14ClN3S/c20-15-9-7-14(8-10-15)13-23-18-6-2-1-5-17(18)22-19(23)21-12-16-4-3-11-24-16/h1-12H,13H2/b21-12+. The molecule has 0 N–H and O–H groups in total. The molecular weight excluding hydrogens is 338 g/mol. The molecule has 0 spiro atoms. The van der Waals surface area contributed by atoms with Crippen LogP contribution in [0.25, 0.3) is 11.0 Å². The molecule has 3 nitrogen and oxygen atoms in total. The number of imidazole rings is 1. The molecule has 4 aromatic rings. The van der Waals surface area contributed by atoms with Gasteiger partial charge in [-0.3, -0.25) is 0 Å². The van der Waals surface area contributed by atoms with Crippen LogP contribution in [0.4, 0.5) is 5.95 Å². The Labute approximate surface area is 148 Å². The van der Waals surface area contributed by atoms with E-state index in [1.807, 2.05) is 66.2 Å². The summed E-state index contributed by atoms with van der Waals surface area (Å²) in [6.45, 7) is 0.703. The van der Waals surface area contributed by atoms with Gasteiger partial charge in [0.2, 0.25) is 5.95 Å². The van der Waals surface area contributed by atoms with Crippen molar-refractivity contribution >= 4 is 46.1 Å². The van der Waals surface area contributed by atoms with Crippen LogP contribution in [0.2, 0.25) is 5.02 Å². The van der Waals surface area contributed by atoms with Crippen LogP contribution in [0.5, 0.6) is 0 Å². The van der Waals surface area contributed by atoms with E-state index in [9.17, 15) is 0 Å². The summed E-state index contributed by atoms with van der Waals surface area (Å²) < 4.78 is 2.13. The van der Waals surface area contributed by atoms with Crippen LogP contribution >= 0.6 is 22.9 Å². The highest BCUT2D eigenvalue weighted by atomic mass is 35.5. The van der Waals surface area contributed by atoms with Gasteiger partial charge in [0.05, 0.1) is 17.6 Å². The first-order valence-corrected chi connectivity index (χ1v) is 8.83. The van der Waals surface area contributed by atoms with E-state index in [4.69, 9.17) is 11.6 Å². The van der Waals surface area contributed by atoms with Gasteiger partial charge in [0, 0.05) is 16.1 Å². The Balaban J connectivity index is 1.76. The van der Waals surface area contributed by atoms with Crippen molar-refractivity contribution in [1.29, 1.82) is 0 Å². The Kier molecular flexibility index (Phi) is 4.15. The molecule has 0 atom stereocenters. The predicted octanol–water partition coefficient (Wildman–Crippen LogP) is 5.55. The summed E-state index contributed by atoms with van der Waals surface area (Å²) in [6, 6.07) is 20.0. The van der Waals surface area contributed by atoms with Crippen LogP contribution in [0.3, 0.4) is 0 Å². The molecule has 24 heavy (non-hydrogen) atoms. The Bertz CT molecular complexity index is 985. The molecule has 0 radical (unpaired) electrons. The third-order valence-electron chi connectivity index (χ3n) is 3.74. The van der Waals surface area contributed by atoms with Crippen molar-refractivity contribution in [2.75, 3.05) is 0 Å². The number of hydrogen-bond donors (Lipinski definition) is 0. The van der Waals surface area contributed by atoms with Crippen LogP contribution < -0.4 is 0 Å². The molecule has 5 heteroatoms. The maximum Gasteiger partial charge on any atom is 0.230 e. The van der Waals surface area contributed by atoms with Gasteiger partial charge in [-0.05, 0) is 41.3 Å². The third kappa shape index (κ3) is 3.11. The molecule has 118 valence electrons. The van der Waals surface area contributed by atoms with E-state index in [0.29, 0.717) is 12.5 Å². The molecule has 0 unspecified atom stereocenters. The van der Waals surface area contributed by atoms with Gasteiger partial charge in [-0.15, -0.1) is 11.3 Å². The fourth-order valence-corrected chi connectivity index (χ4v) is 3.29. The van der Waals surface area contributed by atoms with Crippen molar-refractivity contribution in [1.82, 2.24) is 9.55 Å². The van der Waals surface area contributed by atoms with E-state index in [2.05, 4.69) is 20.6 Å². The van der Waals surface area contributed by atoms with Crippen LogP contribution in [-0.4, -0.2) is 15.8 Å². The number of aromatic nitrogens is 2. The summed E-state index contributed by atoms with van der Waals surface area (Å²) >= 11 is 7.64. The SMILES string of the molecule is Clc1ccc(Cn2c(/N=C/c3cccs3)nc3ccccc32)cc1. The lowest BCUT2D eigenvalue weighted by molar-refractivity contribution is 0.827. The molecule has 0 aliphatic rings. The number of benzene rings is 2. The van der Waals surface area contributed by atoms with E-state index in [1.165, 1.54) is 0 Å². The number of aliphatic imine (C=N–C) groups is 1. The zero-order valence-electron chi connectivity index (χ0n) is 12.8. The first-order valence-electron chi connectivity index (χ1n) is 7.57. The maximum atomic E-state index is 5.99. The van der Waals surface area contributed by atoms with Crippen molar-refractivity contribution in [2.45, 2.75) is 6.54 Å². The van der Waals surface area contributed by atoms with Crippen molar-refractivity contribution in [3.05, 3.63) is 81.5 Å². The van der Waals surface area contributed by atoms with Crippen molar-refractivity contribution in [3.63, 3.8) is 0 Å². The largest absolute Gasteiger partial charge is 0.304 e. The highest BCUT2D eigenvalue weighted by Gasteiger charge is 2.10. The summed E-state index contributed by atoms with van der Waals surface area (Å²) in [5.41, 5.74) is 3.19. The Hall–Kier alpha value is -2.43. The normalized spacial score (nSPS) is 11.5. The minimum Gasteiger partial charge on any atom is -0.304 e. The van der Waals surface area contributed by atoms with Crippen molar-refractivity contribution in [2.24, 2.45) is 4.99 Å². The van der Waals surface area contributed by atoms with Crippen molar-refractivity contribution in [3.8, 4) is 0 Å². The summed E-state index contributed by atoms with van der Waals surface area (Å²) in [7, 11) is 0. The van der Waals surface area contributed by atoms with E-state index in [0.717, 1.165) is 26.5 Å². The molecule has 2 heterocycles. The molecule has 0 aliphatic carbocycles. The molecule has 4 rings (SSSR count). The molecule has 0 saturated heterocycles. The van der Waals surface area contributed by atoms with E-state index in [-0.39, 0.29) is 0 Å². The van der Waals surface area contributed by atoms with Gasteiger partial charge in [-0.1, -0.05) is 41.9 Å². The van der Waals surface area contributed by atoms with E-state index < -0.39 is 0 Å². The van der Waals surface area contributed by atoms with Crippen LogP contribution in [0, 0.1) is 0 Å². The summed E-state index contributed by atoms with van der Waals surface area (Å²) in [5.74, 6) is 0.708. The number of para-hydroxylation sites is 2. The molecular formula is C19H14ClN3S. The van der Waals surface area contributed by atoms with Crippen molar-refractivity contribution < 1.29 is 0 Å². The molecule has 0 aliphatic heterocycles. The molecule has 0 amide bonds. The molecule has 0 bridgehead atoms. The highest BCUT2D eigenvalue weighted by molar-refractivity contribution is 7.11. The molecule has 0 saturated carbocycles. The lowest BCUT2D eigenvalue weighted by atomic mass is 10.2. The summed E-state index contributed by atoms with van der Waals surface area (Å²) in [5, 5.41) is 2.78. The number of rotatable bonds is 4. The second-order valence-corrected chi connectivity index (χ2v) is 6.80. The van der Waals surface area contributed by atoms with E-state index in [1.54, 1.807) is 11.3 Å². The third-order valence-corrected chi connectivity index (χ3v) is 4.80. The zero-order chi connectivity index (χ0) is 16.4. The van der Waals surface area contributed by atoms with Crippen LogP contribution in [0.1, 0.15) is 10.4 Å². The number of fused-ring (bicyclic) bond motifs is 1. The fourth-order valence-electron chi connectivity index (χ4n) is 2.58. The number of halogens is 1. The number of nitrogens with zero attached hydrogens (tertiary/aromatic N) is 3. The van der Waals surface area contributed by atoms with Gasteiger partial charge in [0.15, 0.2) is 0 Å². The van der Waals surface area contributed by atoms with E-state index >= 15 is 0 Å². The first-order chi connectivity index (χ1) is 11.8. The topological polar surface area (TPSA) is 30.2 Å². The number of thiophene rings is 1. The monoisotopic (exact) mass is 351 g/mol. The first kappa shape index (κ1) is 15.1. The predicted molar refractivity (Wildman–Crippen MR) is 102 cm³/mol. The van der Waals surface area contributed by atoms with Gasteiger partial charge in [0.1, 0.15) is 0 Å². The lowest BCUT2D eigenvalue weighted by Gasteiger charge is -2.07. The zero-order valence-corrected chi connectivity index (χ0v) is 14.3. The highest BCUT2D eigenvalue weighted by Crippen LogP contribution is 2.24. The lowest BCUT2D eigenvalue weighted by Crippen LogP contribution is -1.99. The van der Waals surface area contributed by atoms with Gasteiger partial charge < -0.3 is 4.57 Å². The number of hydrogen-bond acceptors (Lipinski definition) is 3. The second-order valence-electron chi connectivity index (χ2n) is 5.39. The second kappa shape index (κ2) is 6.59. The van der Waals surface area contributed by atoms with Gasteiger partial charge >= 0.3 is 0 Å². The van der Waals surface area contributed by atoms with Gasteiger partial charge in [-0.2, -0.15) is 0 Å². The Morgan fingerprint density at radius 3 is 2.67 bits per heavy atom. The van der Waals surface area contributed by atoms with Crippen LogP contribution in [-0.2, 0) is 6.54 Å². The summed E-state index contributed by atoms with van der Waals surface area (Å²) in [6.07, 6.45) is 1.87. The van der Waals surface area contributed by atoms with Gasteiger partial charge in [-0.25, -0.2) is 9.98 Å². The maximum absolute atomic E-state index is 5.99. The smallest absolute Gasteiger partial charge is 0.230 e. The quantitative estimate of drug-likeness (QED) is 0.443.